The number of ether oxygens (including phenoxy) is 5. The van der Waals surface area contributed by atoms with Crippen LogP contribution in [0.15, 0.2) is 30.5 Å². The molecule has 0 unspecified atom stereocenters. The molecular weight excluding hydrogens is 304 g/mol. The van der Waals surface area contributed by atoms with E-state index in [1.807, 2.05) is 0 Å². The summed E-state index contributed by atoms with van der Waals surface area (Å²) in [5.74, 6) is 0.551. The van der Waals surface area contributed by atoms with Crippen LogP contribution < -0.4 is 9.47 Å². The molecule has 0 aliphatic carbocycles. The summed E-state index contributed by atoms with van der Waals surface area (Å²) >= 11 is 0. The van der Waals surface area contributed by atoms with Crippen molar-refractivity contribution < 1.29 is 33.6 Å². The van der Waals surface area contributed by atoms with Crippen molar-refractivity contribution in [2.24, 2.45) is 0 Å². The first-order valence-electron chi connectivity index (χ1n) is 7.07. The van der Waals surface area contributed by atoms with Crippen LogP contribution in [-0.2, 0) is 19.0 Å². The SMILES string of the molecule is C=C(C)OCOCCCOCOc1cc(OC(C)=O)ccc1O. The summed E-state index contributed by atoms with van der Waals surface area (Å²) < 4.78 is 25.7. The van der Waals surface area contributed by atoms with Crippen molar-refractivity contribution >= 4 is 5.97 Å². The summed E-state index contributed by atoms with van der Waals surface area (Å²) in [7, 11) is 0. The fourth-order valence-corrected chi connectivity index (χ4v) is 1.47. The van der Waals surface area contributed by atoms with Gasteiger partial charge in [0.1, 0.15) is 5.75 Å². The van der Waals surface area contributed by atoms with Crippen LogP contribution in [0.3, 0.4) is 0 Å². The Kier molecular flexibility index (Phi) is 8.56. The van der Waals surface area contributed by atoms with E-state index in [-0.39, 0.29) is 30.8 Å². The minimum Gasteiger partial charge on any atom is -0.504 e. The maximum absolute atomic E-state index is 10.9. The predicted octanol–water partition coefficient (Wildman–Crippen LogP) is 2.58. The summed E-state index contributed by atoms with van der Waals surface area (Å²) in [5, 5.41) is 9.65. The topological polar surface area (TPSA) is 83.5 Å². The average molecular weight is 326 g/mol. The van der Waals surface area contributed by atoms with E-state index in [9.17, 15) is 9.90 Å². The van der Waals surface area contributed by atoms with E-state index in [4.69, 9.17) is 23.7 Å². The number of phenols is 1. The number of hydrogen-bond acceptors (Lipinski definition) is 7. The van der Waals surface area contributed by atoms with Crippen molar-refractivity contribution in [1.29, 1.82) is 0 Å². The number of hydrogen-bond donors (Lipinski definition) is 1. The standard InChI is InChI=1S/C16H22O7/c1-12(2)21-10-19-7-4-8-20-11-22-16-9-14(23-13(3)17)5-6-15(16)18/h5-6,9,18H,1,4,7-8,10-11H2,2-3H3. The maximum atomic E-state index is 10.9. The monoisotopic (exact) mass is 326 g/mol. The van der Waals surface area contributed by atoms with Gasteiger partial charge in [-0.15, -0.1) is 0 Å². The van der Waals surface area contributed by atoms with Crippen LogP contribution >= 0.6 is 0 Å². The molecule has 7 nitrogen and oxygen atoms in total. The Morgan fingerprint density at radius 3 is 2.52 bits per heavy atom. The van der Waals surface area contributed by atoms with Gasteiger partial charge >= 0.3 is 5.97 Å². The Labute approximate surface area is 135 Å². The molecule has 1 aromatic rings. The smallest absolute Gasteiger partial charge is 0.308 e. The number of carbonyl (C=O) groups is 1. The fourth-order valence-electron chi connectivity index (χ4n) is 1.47. The second-order valence-electron chi connectivity index (χ2n) is 4.62. The average Bonchev–Trinajstić information content (AvgIpc) is 2.47. The highest BCUT2D eigenvalue weighted by atomic mass is 16.7. The van der Waals surface area contributed by atoms with Gasteiger partial charge in [0.05, 0.1) is 19.0 Å². The molecule has 0 aliphatic rings. The van der Waals surface area contributed by atoms with Crippen molar-refractivity contribution in [3.63, 3.8) is 0 Å². The van der Waals surface area contributed by atoms with Gasteiger partial charge in [-0.05, 0) is 25.5 Å². The van der Waals surface area contributed by atoms with Crippen molar-refractivity contribution in [1.82, 2.24) is 0 Å². The molecule has 23 heavy (non-hydrogen) atoms. The zero-order chi connectivity index (χ0) is 17.1. The number of esters is 1. The number of aromatic hydroxyl groups is 1. The van der Waals surface area contributed by atoms with Gasteiger partial charge in [-0.3, -0.25) is 4.79 Å². The summed E-state index contributed by atoms with van der Waals surface area (Å²) in [4.78, 5) is 10.9. The van der Waals surface area contributed by atoms with Gasteiger partial charge < -0.3 is 28.8 Å². The Bertz CT molecular complexity index is 513. The van der Waals surface area contributed by atoms with Gasteiger partial charge in [-0.25, -0.2) is 0 Å². The first-order chi connectivity index (χ1) is 11.0. The number of carbonyl (C=O) groups excluding carboxylic acids is 1. The third-order valence-electron chi connectivity index (χ3n) is 2.46. The molecule has 128 valence electrons. The van der Waals surface area contributed by atoms with Gasteiger partial charge in [-0.2, -0.15) is 0 Å². The van der Waals surface area contributed by atoms with E-state index in [2.05, 4.69) is 6.58 Å². The van der Waals surface area contributed by atoms with Crippen LogP contribution in [0.1, 0.15) is 20.3 Å². The first kappa shape index (κ1) is 18.8. The Morgan fingerprint density at radius 1 is 1.17 bits per heavy atom. The predicted molar refractivity (Wildman–Crippen MR) is 82.2 cm³/mol. The molecule has 1 aromatic carbocycles. The largest absolute Gasteiger partial charge is 0.504 e. The van der Waals surface area contributed by atoms with E-state index < -0.39 is 5.97 Å². The molecule has 0 radical (unpaired) electrons. The van der Waals surface area contributed by atoms with Gasteiger partial charge in [0, 0.05) is 13.0 Å². The van der Waals surface area contributed by atoms with Crippen LogP contribution in [0.5, 0.6) is 17.2 Å². The molecule has 0 spiro atoms. The molecule has 1 N–H and O–H groups in total. The lowest BCUT2D eigenvalue weighted by Gasteiger charge is -2.10. The molecule has 0 heterocycles. The molecule has 7 heteroatoms. The molecule has 0 saturated heterocycles. The van der Waals surface area contributed by atoms with Crippen LogP contribution in [0.25, 0.3) is 0 Å². The summed E-state index contributed by atoms with van der Waals surface area (Å²) in [6.07, 6.45) is 0.669. The van der Waals surface area contributed by atoms with E-state index in [0.717, 1.165) is 0 Å². The van der Waals surface area contributed by atoms with Crippen LogP contribution in [-0.4, -0.2) is 37.9 Å². The number of allylic oxidation sites excluding steroid dienone is 1. The minimum atomic E-state index is -0.450. The highest BCUT2D eigenvalue weighted by Gasteiger charge is 2.06. The van der Waals surface area contributed by atoms with E-state index in [1.54, 1.807) is 6.92 Å². The van der Waals surface area contributed by atoms with E-state index in [1.165, 1.54) is 25.1 Å². The minimum absolute atomic E-state index is 0.0423. The highest BCUT2D eigenvalue weighted by Crippen LogP contribution is 2.30. The lowest BCUT2D eigenvalue weighted by atomic mass is 10.3. The molecule has 0 saturated carbocycles. The molecule has 1 rings (SSSR count). The van der Waals surface area contributed by atoms with E-state index in [0.29, 0.717) is 25.4 Å². The lowest BCUT2D eigenvalue weighted by molar-refractivity contribution is -0.131. The maximum Gasteiger partial charge on any atom is 0.308 e. The second-order valence-corrected chi connectivity index (χ2v) is 4.62. The second kappa shape index (κ2) is 10.5. The lowest BCUT2D eigenvalue weighted by Crippen LogP contribution is -2.08. The number of benzene rings is 1. The fraction of sp³-hybridized carbons (Fsp3) is 0.438. The summed E-state index contributed by atoms with van der Waals surface area (Å²) in [5.41, 5.74) is 0. The Hall–Kier alpha value is -2.25. The highest BCUT2D eigenvalue weighted by molar-refractivity contribution is 5.69. The molecule has 0 atom stereocenters. The van der Waals surface area contributed by atoms with Gasteiger partial charge in [0.25, 0.3) is 0 Å². The molecule has 0 amide bonds. The molecular formula is C16H22O7. The van der Waals surface area contributed by atoms with E-state index >= 15 is 0 Å². The first-order valence-corrected chi connectivity index (χ1v) is 7.07. The van der Waals surface area contributed by atoms with Crippen LogP contribution in [0, 0.1) is 0 Å². The quantitative estimate of drug-likeness (QED) is 0.220. The van der Waals surface area contributed by atoms with Gasteiger partial charge in [0.15, 0.2) is 25.1 Å². The van der Waals surface area contributed by atoms with Crippen molar-refractivity contribution in [3.05, 3.63) is 30.5 Å². The normalized spacial score (nSPS) is 10.2. The van der Waals surface area contributed by atoms with Gasteiger partial charge in [-0.1, -0.05) is 6.58 Å². The van der Waals surface area contributed by atoms with Gasteiger partial charge in [0.2, 0.25) is 0 Å². The van der Waals surface area contributed by atoms with Crippen molar-refractivity contribution in [2.45, 2.75) is 20.3 Å². The Balaban J connectivity index is 2.18. The molecule has 0 aliphatic heterocycles. The molecule has 0 bridgehead atoms. The van der Waals surface area contributed by atoms with Crippen molar-refractivity contribution in [2.75, 3.05) is 26.8 Å². The summed E-state index contributed by atoms with van der Waals surface area (Å²) in [6.45, 7) is 7.66. The van der Waals surface area contributed by atoms with Crippen LogP contribution in [0.4, 0.5) is 0 Å². The zero-order valence-electron chi connectivity index (χ0n) is 13.4. The molecule has 0 aromatic heterocycles. The molecule has 0 fully saturated rings. The summed E-state index contributed by atoms with van der Waals surface area (Å²) in [6, 6.07) is 4.26. The number of phenolic OH excluding ortho intramolecular Hbond substituents is 1. The Morgan fingerprint density at radius 2 is 1.87 bits per heavy atom. The zero-order valence-corrected chi connectivity index (χ0v) is 13.4. The van der Waals surface area contributed by atoms with Crippen molar-refractivity contribution in [3.8, 4) is 17.2 Å². The third-order valence-corrected chi connectivity index (χ3v) is 2.46. The number of rotatable bonds is 11. The third kappa shape index (κ3) is 8.70. The van der Waals surface area contributed by atoms with Crippen LogP contribution in [0.2, 0.25) is 0 Å².